The fraction of sp³-hybridized carbons (Fsp3) is 1.00. The second kappa shape index (κ2) is 6.51. The monoisotopic (exact) mass is 452 g/mol. The van der Waals surface area contributed by atoms with Crippen molar-refractivity contribution in [1.82, 2.24) is 0 Å². The van der Waals surface area contributed by atoms with Gasteiger partial charge >= 0.3 is 0 Å². The Labute approximate surface area is 126 Å². The molecule has 1 fully saturated rings. The number of methoxy groups -OCH3 is 1. The fourth-order valence-electron chi connectivity index (χ4n) is 2.05. The van der Waals surface area contributed by atoms with Gasteiger partial charge in [-0.05, 0) is 5.92 Å². The van der Waals surface area contributed by atoms with Gasteiger partial charge < -0.3 is 15.6 Å². The molecule has 0 bridgehead atoms. The van der Waals surface area contributed by atoms with Crippen LogP contribution in [-0.2, 0) is 15.6 Å². The molecule has 0 saturated carbocycles. The van der Waals surface area contributed by atoms with Crippen LogP contribution in [0, 0.1) is 5.92 Å². The quantitative estimate of drug-likeness (QED) is 0.473. The van der Waals surface area contributed by atoms with Gasteiger partial charge in [0.2, 0.25) is 0 Å². The summed E-state index contributed by atoms with van der Waals surface area (Å²) < 4.78 is 21.9. The average Bonchev–Trinajstić information content (AvgIpc) is 2.51. The molecule has 16 heavy (non-hydrogen) atoms. The molecule has 2 radical (unpaired) electrons. The highest BCUT2D eigenvalue weighted by Crippen LogP contribution is 2.40. The lowest BCUT2D eigenvalue weighted by atomic mass is 9.83. The van der Waals surface area contributed by atoms with Gasteiger partial charge in [0.1, 0.15) is 71.7 Å². The van der Waals surface area contributed by atoms with Gasteiger partial charge in [-0.15, -0.1) is 0 Å². The van der Waals surface area contributed by atoms with Crippen LogP contribution in [0.5, 0.6) is 0 Å². The summed E-state index contributed by atoms with van der Waals surface area (Å²) in [5, 5.41) is 0. The third-order valence-electron chi connectivity index (χ3n) is 3.08. The molecule has 1 aliphatic heterocycles. The van der Waals surface area contributed by atoms with Crippen molar-refractivity contribution in [3.63, 3.8) is 0 Å². The molecule has 0 N–H and O–H groups in total. The zero-order valence-electron chi connectivity index (χ0n) is 9.48. The van der Waals surface area contributed by atoms with Crippen LogP contribution >= 0.6 is 46.0 Å². The van der Waals surface area contributed by atoms with Gasteiger partial charge in [0.15, 0.2) is 0 Å². The Balaban J connectivity index is 2.99. The van der Waals surface area contributed by atoms with Crippen LogP contribution in [0.15, 0.2) is 0 Å². The molecule has 1 saturated heterocycles. The normalized spacial score (nSPS) is 39.5. The number of hydrogen-bond acceptors (Lipinski definition) is 4. The SMILES string of the molecule is [B][C@@H]1O[C@@](COI)(C(C)C)[C@@H](OI)[C@H]1OC. The third kappa shape index (κ3) is 2.68. The summed E-state index contributed by atoms with van der Waals surface area (Å²) >= 11 is 3.72. The predicted molar refractivity (Wildman–Crippen MR) is 77.9 cm³/mol. The highest BCUT2D eigenvalue weighted by molar-refractivity contribution is 14.1. The Kier molecular flexibility index (Phi) is 6.27. The van der Waals surface area contributed by atoms with E-state index < -0.39 is 11.6 Å². The number of ether oxygens (including phenoxy) is 2. The Hall–Kier alpha value is 1.36. The highest BCUT2D eigenvalue weighted by atomic mass is 127. The first kappa shape index (κ1) is 15.4. The van der Waals surface area contributed by atoms with Crippen LogP contribution in [0.2, 0.25) is 0 Å². The molecule has 0 aromatic carbocycles. The molecule has 1 aliphatic rings. The topological polar surface area (TPSA) is 36.9 Å². The van der Waals surface area contributed by atoms with Crippen molar-refractivity contribution in [2.45, 2.75) is 37.7 Å². The van der Waals surface area contributed by atoms with E-state index in [0.717, 1.165) is 0 Å². The largest absolute Gasteiger partial charge is 0.377 e. The Morgan fingerprint density at radius 2 is 2.06 bits per heavy atom. The van der Waals surface area contributed by atoms with Crippen molar-refractivity contribution in [3.8, 4) is 0 Å². The van der Waals surface area contributed by atoms with Crippen LogP contribution in [0.3, 0.4) is 0 Å². The summed E-state index contributed by atoms with van der Waals surface area (Å²) in [5.74, 6) is 0.216. The van der Waals surface area contributed by atoms with E-state index in [1.54, 1.807) is 7.11 Å². The number of hydrogen-bond donors (Lipinski definition) is 0. The van der Waals surface area contributed by atoms with Crippen molar-refractivity contribution >= 4 is 53.9 Å². The molecule has 0 amide bonds. The minimum Gasteiger partial charge on any atom is -0.377 e. The van der Waals surface area contributed by atoms with Gasteiger partial charge in [0, 0.05) is 13.1 Å². The van der Waals surface area contributed by atoms with E-state index in [2.05, 4.69) is 13.8 Å². The zero-order valence-corrected chi connectivity index (χ0v) is 13.8. The molecule has 1 heterocycles. The predicted octanol–water partition coefficient (Wildman–Crippen LogP) is 2.02. The minimum absolute atomic E-state index is 0.216. The van der Waals surface area contributed by atoms with E-state index in [-0.39, 0.29) is 18.1 Å². The van der Waals surface area contributed by atoms with E-state index in [4.69, 9.17) is 23.5 Å². The summed E-state index contributed by atoms with van der Waals surface area (Å²) in [4.78, 5) is 0. The van der Waals surface area contributed by atoms with Gasteiger partial charge in [0.05, 0.1) is 6.61 Å². The molecule has 0 unspecified atom stereocenters. The summed E-state index contributed by atoms with van der Waals surface area (Å²) in [5.41, 5.74) is -0.553. The molecule has 0 spiro atoms. The first-order chi connectivity index (χ1) is 7.53. The average molecular weight is 452 g/mol. The van der Waals surface area contributed by atoms with Gasteiger partial charge in [-0.3, -0.25) is 0 Å². The smallest absolute Gasteiger partial charge is 0.129 e. The van der Waals surface area contributed by atoms with E-state index in [1.807, 2.05) is 46.0 Å². The van der Waals surface area contributed by atoms with E-state index >= 15 is 0 Å². The molecular formula is C9H15BI2O4. The lowest BCUT2D eigenvalue weighted by Gasteiger charge is -2.36. The van der Waals surface area contributed by atoms with Crippen LogP contribution in [0.4, 0.5) is 0 Å². The summed E-state index contributed by atoms with van der Waals surface area (Å²) in [6.07, 6.45) is -0.506. The van der Waals surface area contributed by atoms with Crippen LogP contribution in [0.1, 0.15) is 13.8 Å². The molecule has 0 aromatic rings. The van der Waals surface area contributed by atoms with E-state index in [0.29, 0.717) is 6.61 Å². The van der Waals surface area contributed by atoms with Crippen molar-refractivity contribution in [2.75, 3.05) is 13.7 Å². The maximum absolute atomic E-state index is 5.91. The van der Waals surface area contributed by atoms with Crippen LogP contribution in [0.25, 0.3) is 0 Å². The minimum atomic E-state index is -0.553. The maximum Gasteiger partial charge on any atom is 0.129 e. The van der Waals surface area contributed by atoms with Gasteiger partial charge in [0.25, 0.3) is 0 Å². The van der Waals surface area contributed by atoms with Gasteiger partial charge in [-0.2, -0.15) is 0 Å². The number of rotatable bonds is 5. The van der Waals surface area contributed by atoms with Crippen molar-refractivity contribution in [1.29, 1.82) is 0 Å². The summed E-state index contributed by atoms with van der Waals surface area (Å²) in [6, 6.07) is -0.487. The Bertz CT molecular complexity index is 232. The van der Waals surface area contributed by atoms with Crippen molar-refractivity contribution < 1.29 is 15.6 Å². The molecule has 0 aliphatic carbocycles. The second-order valence-electron chi connectivity index (χ2n) is 4.16. The molecule has 0 aromatic heterocycles. The first-order valence-corrected chi connectivity index (χ1v) is 6.76. The Morgan fingerprint density at radius 1 is 1.44 bits per heavy atom. The maximum atomic E-state index is 5.91. The lowest BCUT2D eigenvalue weighted by molar-refractivity contribution is -0.100. The van der Waals surface area contributed by atoms with E-state index in [9.17, 15) is 0 Å². The van der Waals surface area contributed by atoms with Crippen LogP contribution < -0.4 is 0 Å². The fourth-order valence-corrected chi connectivity index (χ4v) is 3.26. The van der Waals surface area contributed by atoms with E-state index in [1.165, 1.54) is 0 Å². The molecule has 7 heteroatoms. The van der Waals surface area contributed by atoms with Crippen molar-refractivity contribution in [3.05, 3.63) is 0 Å². The number of halogens is 2. The van der Waals surface area contributed by atoms with Gasteiger partial charge in [-0.25, -0.2) is 0 Å². The van der Waals surface area contributed by atoms with Crippen LogP contribution in [-0.4, -0.2) is 45.4 Å². The summed E-state index contributed by atoms with van der Waals surface area (Å²) in [6.45, 7) is 4.54. The molecule has 92 valence electrons. The lowest BCUT2D eigenvalue weighted by Crippen LogP contribution is -2.51. The highest BCUT2D eigenvalue weighted by Gasteiger charge is 2.56. The molecule has 4 nitrogen and oxygen atoms in total. The van der Waals surface area contributed by atoms with Gasteiger partial charge in [-0.1, -0.05) is 13.8 Å². The third-order valence-corrected chi connectivity index (χ3v) is 3.94. The molecule has 4 atom stereocenters. The standard InChI is InChI=1S/C9H15BI2O4/c1-5(2)9(4-14-11)7(16-12)6(13-3)8(10)15-9/h5-8H,4H2,1-3H3/t6-,7+,8-,9+/m1/s1. The Morgan fingerprint density at radius 3 is 2.44 bits per heavy atom. The molecule has 1 rings (SSSR count). The summed E-state index contributed by atoms with van der Waals surface area (Å²) in [7, 11) is 7.52. The second-order valence-corrected chi connectivity index (χ2v) is 5.29. The first-order valence-electron chi connectivity index (χ1n) is 5.00. The molecular weight excluding hydrogens is 437 g/mol. The zero-order chi connectivity index (χ0) is 12.3. The van der Waals surface area contributed by atoms with Crippen molar-refractivity contribution in [2.24, 2.45) is 5.92 Å².